The molecule has 11 nitrogen and oxygen atoms in total. The third kappa shape index (κ3) is 53.2. The maximum atomic E-state index is 12.9. The van der Waals surface area contributed by atoms with Gasteiger partial charge in [-0.05, 0) is 96.3 Å². The molecular formula is C62H105O11P. The number of carbonyl (C=O) groups is 3. The van der Waals surface area contributed by atoms with Crippen LogP contribution in [0.4, 0.5) is 0 Å². The van der Waals surface area contributed by atoms with E-state index in [0.29, 0.717) is 19.3 Å². The molecule has 3 atom stereocenters. The smallest absolute Gasteiger partial charge is 0.462 e. The molecule has 424 valence electrons. The molecule has 0 heterocycles. The lowest BCUT2D eigenvalue weighted by atomic mass is 10.0. The molecule has 0 aliphatic rings. The number of aliphatic hydroxyl groups excluding tert-OH is 1. The predicted molar refractivity (Wildman–Crippen MR) is 307 cm³/mol. The van der Waals surface area contributed by atoms with Crippen molar-refractivity contribution in [2.24, 2.45) is 0 Å². The number of esters is 3. The zero-order valence-corrected chi connectivity index (χ0v) is 47.7. The molecule has 0 rings (SSSR count). The van der Waals surface area contributed by atoms with Crippen molar-refractivity contribution in [1.82, 2.24) is 0 Å². The molecule has 3 unspecified atom stereocenters. The number of phosphoric acid groups is 1. The Labute approximate surface area is 451 Å². The minimum absolute atomic E-state index is 0.106. The third-order valence-corrected chi connectivity index (χ3v) is 13.0. The van der Waals surface area contributed by atoms with Gasteiger partial charge in [-0.25, -0.2) is 4.57 Å². The van der Waals surface area contributed by atoms with Crippen LogP contribution < -0.4 is 0 Å². The van der Waals surface area contributed by atoms with E-state index in [1.54, 1.807) is 0 Å². The molecule has 74 heavy (non-hydrogen) atoms. The van der Waals surface area contributed by atoms with Crippen LogP contribution in [0, 0.1) is 0 Å². The summed E-state index contributed by atoms with van der Waals surface area (Å²) in [6.45, 7) is 4.35. The summed E-state index contributed by atoms with van der Waals surface area (Å²) in [7, 11) is -4.77. The minimum Gasteiger partial charge on any atom is -0.462 e. The summed E-state index contributed by atoms with van der Waals surface area (Å²) in [6.07, 6.45) is 65.1. The Balaban J connectivity index is 4.80. The average molecular weight is 1060 g/mol. The molecule has 0 aromatic carbocycles. The first-order valence-corrected chi connectivity index (χ1v) is 30.6. The van der Waals surface area contributed by atoms with Crippen molar-refractivity contribution in [3.8, 4) is 0 Å². The molecule has 0 aliphatic heterocycles. The summed E-state index contributed by atoms with van der Waals surface area (Å²) in [4.78, 5) is 48.5. The number of ether oxygens (including phenoxy) is 3. The van der Waals surface area contributed by atoms with E-state index in [4.69, 9.17) is 23.3 Å². The standard InChI is InChI=1S/C62H105O11P/c1-4-7-10-13-16-19-22-25-28-29-32-33-36-39-42-45-48-51-60(64)69-55-59(73-62(66)53-50-47-44-41-38-35-31-27-24-21-18-15-12-9-6-3)57-71-74(67,68)70-56-58(54-63)72-61(65)52-49-46-43-40-37-34-30-26-23-20-17-14-11-8-5-2/h7,9-10,12,16,18-19,21,25,27-28,31-33,38,41,58-59,63H,4-6,8,11,13-15,17,20,22-24,26,29-30,34-37,39-40,42-57H2,1-3H3,(H,67,68)/b10-7-,12-9-,19-16-,21-18-,28-25-,31-27-,33-32-,41-38-. The number of allylic oxidation sites excluding steroid dienone is 16. The normalized spacial score (nSPS) is 14.1. The molecular weight excluding hydrogens is 952 g/mol. The van der Waals surface area contributed by atoms with Gasteiger partial charge in [-0.1, -0.05) is 221 Å². The van der Waals surface area contributed by atoms with Gasteiger partial charge < -0.3 is 24.2 Å². The summed E-state index contributed by atoms with van der Waals surface area (Å²) >= 11 is 0. The van der Waals surface area contributed by atoms with Gasteiger partial charge in [0.05, 0.1) is 19.8 Å². The van der Waals surface area contributed by atoms with E-state index in [-0.39, 0.29) is 25.9 Å². The van der Waals surface area contributed by atoms with Crippen molar-refractivity contribution in [2.45, 2.75) is 251 Å². The highest BCUT2D eigenvalue weighted by atomic mass is 31.2. The molecule has 0 aliphatic carbocycles. The Morgan fingerprint density at radius 2 is 0.703 bits per heavy atom. The summed E-state index contributed by atoms with van der Waals surface area (Å²) < 4.78 is 39.5. The van der Waals surface area contributed by atoms with Crippen LogP contribution in [0.1, 0.15) is 239 Å². The summed E-state index contributed by atoms with van der Waals surface area (Å²) in [5.41, 5.74) is 0. The zero-order valence-electron chi connectivity index (χ0n) is 46.8. The van der Waals surface area contributed by atoms with E-state index in [1.165, 1.54) is 70.6 Å². The van der Waals surface area contributed by atoms with Crippen LogP contribution in [-0.4, -0.2) is 66.5 Å². The van der Waals surface area contributed by atoms with Crippen LogP contribution in [-0.2, 0) is 42.2 Å². The second kappa shape index (κ2) is 55.6. The lowest BCUT2D eigenvalue weighted by Crippen LogP contribution is -2.30. The van der Waals surface area contributed by atoms with Gasteiger partial charge in [0.2, 0.25) is 0 Å². The predicted octanol–water partition coefficient (Wildman–Crippen LogP) is 17.3. The molecule has 0 amide bonds. The Kier molecular flexibility index (Phi) is 52.9. The molecule has 0 saturated heterocycles. The molecule has 0 aromatic heterocycles. The van der Waals surface area contributed by atoms with Gasteiger partial charge in [-0.3, -0.25) is 23.4 Å². The van der Waals surface area contributed by atoms with E-state index in [1.807, 2.05) is 0 Å². The van der Waals surface area contributed by atoms with Crippen LogP contribution in [0.25, 0.3) is 0 Å². The number of hydrogen-bond donors (Lipinski definition) is 2. The molecule has 0 bridgehead atoms. The number of unbranched alkanes of at least 4 members (excludes halogenated alkanes) is 20. The van der Waals surface area contributed by atoms with E-state index < -0.39 is 57.8 Å². The fraction of sp³-hybridized carbons (Fsp3) is 0.694. The number of carbonyl (C=O) groups excluding carboxylic acids is 3. The van der Waals surface area contributed by atoms with Gasteiger partial charge in [0.15, 0.2) is 6.10 Å². The highest BCUT2D eigenvalue weighted by molar-refractivity contribution is 7.47. The van der Waals surface area contributed by atoms with Crippen molar-refractivity contribution in [1.29, 1.82) is 0 Å². The first-order valence-electron chi connectivity index (χ1n) is 29.1. The van der Waals surface area contributed by atoms with E-state index >= 15 is 0 Å². The highest BCUT2D eigenvalue weighted by Gasteiger charge is 2.28. The van der Waals surface area contributed by atoms with Crippen LogP contribution in [0.3, 0.4) is 0 Å². The second-order valence-corrected chi connectivity index (χ2v) is 20.5. The van der Waals surface area contributed by atoms with Crippen molar-refractivity contribution in [3.63, 3.8) is 0 Å². The number of aliphatic hydroxyl groups is 1. The Morgan fingerprint density at radius 3 is 1.11 bits per heavy atom. The van der Waals surface area contributed by atoms with Gasteiger partial charge in [0, 0.05) is 19.3 Å². The molecule has 2 N–H and O–H groups in total. The highest BCUT2D eigenvalue weighted by Crippen LogP contribution is 2.43. The van der Waals surface area contributed by atoms with Crippen molar-refractivity contribution in [3.05, 3.63) is 97.2 Å². The minimum atomic E-state index is -4.77. The Hall–Kier alpha value is -3.60. The van der Waals surface area contributed by atoms with E-state index in [2.05, 4.69) is 118 Å². The maximum Gasteiger partial charge on any atom is 0.472 e. The first kappa shape index (κ1) is 70.4. The van der Waals surface area contributed by atoms with Crippen molar-refractivity contribution >= 4 is 25.7 Å². The number of phosphoric ester groups is 1. The lowest BCUT2D eigenvalue weighted by Gasteiger charge is -2.21. The fourth-order valence-electron chi connectivity index (χ4n) is 7.63. The SMILES string of the molecule is CC/C=C\C/C=C\C/C=C\C/C=C\CCCCCCC(=O)OCC(COP(=O)(O)OCC(CO)OC(=O)CCCCCCCCCCCCCCCCC)OC(=O)CCCC/C=C\C/C=C\C/C=C\C/C=C\CC. The van der Waals surface area contributed by atoms with E-state index in [9.17, 15) is 28.9 Å². The number of hydrogen-bond acceptors (Lipinski definition) is 10. The van der Waals surface area contributed by atoms with Crippen LogP contribution >= 0.6 is 7.82 Å². The van der Waals surface area contributed by atoms with Gasteiger partial charge in [-0.2, -0.15) is 0 Å². The quantitative estimate of drug-likeness (QED) is 0.0197. The molecule has 0 saturated carbocycles. The number of rotatable bonds is 53. The average Bonchev–Trinajstić information content (AvgIpc) is 3.39. The summed E-state index contributed by atoms with van der Waals surface area (Å²) in [5, 5.41) is 9.82. The van der Waals surface area contributed by atoms with Crippen LogP contribution in [0.2, 0.25) is 0 Å². The van der Waals surface area contributed by atoms with Gasteiger partial charge in [-0.15, -0.1) is 0 Å². The van der Waals surface area contributed by atoms with E-state index in [0.717, 1.165) is 109 Å². The topological polar surface area (TPSA) is 155 Å². The maximum absolute atomic E-state index is 12.9. The van der Waals surface area contributed by atoms with Gasteiger partial charge in [0.25, 0.3) is 0 Å². The molecule has 0 radical (unpaired) electrons. The summed E-state index contributed by atoms with van der Waals surface area (Å²) in [6, 6.07) is 0. The molecule has 0 aromatic rings. The van der Waals surface area contributed by atoms with Gasteiger partial charge in [0.1, 0.15) is 12.7 Å². The Bertz CT molecular complexity index is 1610. The Morgan fingerprint density at radius 1 is 0.392 bits per heavy atom. The molecule has 0 fully saturated rings. The summed E-state index contributed by atoms with van der Waals surface area (Å²) in [5.74, 6) is -1.54. The van der Waals surface area contributed by atoms with Crippen molar-refractivity contribution < 1.29 is 52.2 Å². The molecule has 12 heteroatoms. The van der Waals surface area contributed by atoms with Gasteiger partial charge >= 0.3 is 25.7 Å². The first-order chi connectivity index (χ1) is 36.2. The zero-order chi connectivity index (χ0) is 54.1. The molecule has 0 spiro atoms. The second-order valence-electron chi connectivity index (χ2n) is 19.0. The van der Waals surface area contributed by atoms with Crippen molar-refractivity contribution in [2.75, 3.05) is 26.4 Å². The van der Waals surface area contributed by atoms with Crippen LogP contribution in [0.5, 0.6) is 0 Å². The lowest BCUT2D eigenvalue weighted by molar-refractivity contribution is -0.161. The largest absolute Gasteiger partial charge is 0.472 e. The third-order valence-electron chi connectivity index (χ3n) is 12.0. The van der Waals surface area contributed by atoms with Crippen LogP contribution in [0.15, 0.2) is 97.2 Å². The fourth-order valence-corrected chi connectivity index (χ4v) is 8.42. The monoisotopic (exact) mass is 1060 g/mol.